The lowest BCUT2D eigenvalue weighted by Gasteiger charge is -2.21. The number of halogens is 3. The molecule has 0 amide bonds. The third kappa shape index (κ3) is 8.98. The fourth-order valence-electron chi connectivity index (χ4n) is 2.06. The van der Waals surface area contributed by atoms with Crippen molar-refractivity contribution in [3.63, 3.8) is 0 Å². The van der Waals surface area contributed by atoms with Gasteiger partial charge in [0.05, 0.1) is 15.6 Å². The molecule has 1 atom stereocenters. The van der Waals surface area contributed by atoms with Crippen molar-refractivity contribution in [2.24, 2.45) is 11.1 Å². The van der Waals surface area contributed by atoms with Crippen LogP contribution < -0.4 is 10.0 Å². The molecule has 1 aliphatic rings. The zero-order chi connectivity index (χ0) is 20.0. The van der Waals surface area contributed by atoms with Crippen molar-refractivity contribution in [3.05, 3.63) is 28.5 Å². The molecule has 0 radical (unpaired) electrons. The summed E-state index contributed by atoms with van der Waals surface area (Å²) in [6, 6.07) is 1.69. The van der Waals surface area contributed by atoms with E-state index in [9.17, 15) is 4.39 Å². The molecule has 1 saturated heterocycles. The maximum Gasteiger partial charge on any atom is 0.160 e. The Balaban J connectivity index is 0. The largest absolute Gasteiger partial charge is 0.370 e. The average Bonchev–Trinajstić information content (AvgIpc) is 3.01. The third-order valence-electron chi connectivity index (χ3n) is 2.98. The van der Waals surface area contributed by atoms with Crippen LogP contribution >= 0.6 is 35.1 Å². The van der Waals surface area contributed by atoms with Crippen molar-refractivity contribution in [3.8, 4) is 0 Å². The Bertz CT molecular complexity index is 538. The standard InChI is InChI=1S/C11H13Cl2FN2S.C3H8.C2H2O.C2H6/c1-6-2-3-16(5-6)8-4-7(12)11(17-15)10(14)9(8)13;1-3-2;1-2-3;1-2/h4,6H,2-3,5,15H2,1H3;3H2,1-2H3;1H2;1-2H3. The van der Waals surface area contributed by atoms with Crippen LogP contribution in [-0.2, 0) is 4.79 Å². The molecule has 2 N–H and O–H groups in total. The van der Waals surface area contributed by atoms with Crippen molar-refractivity contribution in [1.82, 2.24) is 0 Å². The minimum atomic E-state index is -0.527. The van der Waals surface area contributed by atoms with Crippen molar-refractivity contribution >= 4 is 46.8 Å². The van der Waals surface area contributed by atoms with Crippen molar-refractivity contribution < 1.29 is 9.18 Å². The molecule has 0 spiro atoms. The van der Waals surface area contributed by atoms with Crippen LogP contribution in [0.2, 0.25) is 10.0 Å². The molecule has 0 aromatic heterocycles. The van der Waals surface area contributed by atoms with Crippen molar-refractivity contribution in [2.75, 3.05) is 18.0 Å². The second-order valence-electron chi connectivity index (χ2n) is 5.14. The molecule has 2 rings (SSSR count). The van der Waals surface area contributed by atoms with Gasteiger partial charge < -0.3 is 4.90 Å². The number of hydrogen-bond acceptors (Lipinski definition) is 4. The van der Waals surface area contributed by atoms with E-state index in [1.807, 2.05) is 13.8 Å². The highest BCUT2D eigenvalue weighted by Gasteiger charge is 2.24. The summed E-state index contributed by atoms with van der Waals surface area (Å²) in [6.45, 7) is 14.9. The van der Waals surface area contributed by atoms with Crippen LogP contribution in [0, 0.1) is 11.7 Å². The Morgan fingerprint density at radius 2 is 1.92 bits per heavy atom. The van der Waals surface area contributed by atoms with E-state index < -0.39 is 5.82 Å². The predicted octanol–water partition coefficient (Wildman–Crippen LogP) is 6.39. The van der Waals surface area contributed by atoms with Gasteiger partial charge in [-0.2, -0.15) is 0 Å². The lowest BCUT2D eigenvalue weighted by atomic mass is 10.2. The summed E-state index contributed by atoms with van der Waals surface area (Å²) >= 11 is 12.8. The van der Waals surface area contributed by atoms with Gasteiger partial charge in [0.2, 0.25) is 0 Å². The third-order valence-corrected chi connectivity index (χ3v) is 4.38. The van der Waals surface area contributed by atoms with Gasteiger partial charge >= 0.3 is 0 Å². The molecule has 1 heterocycles. The fourth-order valence-corrected chi connectivity index (χ4v) is 3.08. The molecule has 1 aliphatic heterocycles. The summed E-state index contributed by atoms with van der Waals surface area (Å²) in [5.74, 6) is 1.32. The Hall–Kier alpha value is -0.710. The fraction of sp³-hybridized carbons (Fsp3) is 0.556. The van der Waals surface area contributed by atoms with E-state index in [4.69, 9.17) is 33.1 Å². The first-order valence-corrected chi connectivity index (χ1v) is 9.94. The van der Waals surface area contributed by atoms with Gasteiger partial charge in [0, 0.05) is 13.1 Å². The molecule has 0 saturated carbocycles. The molecule has 3 nitrogen and oxygen atoms in total. The molecule has 25 heavy (non-hydrogen) atoms. The number of nitrogens with zero attached hydrogens (tertiary/aromatic N) is 1. The smallest absolute Gasteiger partial charge is 0.160 e. The first-order chi connectivity index (χ1) is 11.9. The van der Waals surface area contributed by atoms with Gasteiger partial charge in [0.1, 0.15) is 11.0 Å². The summed E-state index contributed by atoms with van der Waals surface area (Å²) in [7, 11) is 0. The number of nitrogens with two attached hydrogens (primary N) is 1. The molecule has 1 unspecified atom stereocenters. The van der Waals surface area contributed by atoms with Gasteiger partial charge in [0.15, 0.2) is 5.82 Å². The Morgan fingerprint density at radius 1 is 1.44 bits per heavy atom. The van der Waals surface area contributed by atoms with E-state index >= 15 is 0 Å². The normalized spacial score (nSPS) is 14.9. The molecule has 1 fully saturated rings. The van der Waals surface area contributed by atoms with Gasteiger partial charge in [0.25, 0.3) is 0 Å². The number of anilines is 1. The first kappa shape index (κ1) is 26.5. The van der Waals surface area contributed by atoms with E-state index in [0.29, 0.717) is 16.6 Å². The lowest BCUT2D eigenvalue weighted by molar-refractivity contribution is 0.569. The van der Waals surface area contributed by atoms with Gasteiger partial charge in [-0.1, -0.05) is 64.2 Å². The van der Waals surface area contributed by atoms with Gasteiger partial charge in [-0.25, -0.2) is 9.18 Å². The minimum Gasteiger partial charge on any atom is -0.370 e. The van der Waals surface area contributed by atoms with E-state index in [1.165, 1.54) is 12.4 Å². The average molecular weight is 411 g/mol. The summed E-state index contributed by atoms with van der Waals surface area (Å²) in [4.78, 5) is 10.8. The number of benzene rings is 1. The van der Waals surface area contributed by atoms with Gasteiger partial charge in [-0.05, 0) is 36.9 Å². The molecule has 144 valence electrons. The van der Waals surface area contributed by atoms with E-state index in [2.05, 4.69) is 32.3 Å². The quantitative estimate of drug-likeness (QED) is 0.348. The molecule has 1 aromatic rings. The maximum absolute atomic E-state index is 13.9. The highest BCUT2D eigenvalue weighted by atomic mass is 35.5. The predicted molar refractivity (Wildman–Crippen MR) is 111 cm³/mol. The number of rotatable bonds is 2. The molecular formula is C18H29Cl2FN2OS. The van der Waals surface area contributed by atoms with Gasteiger partial charge in [-0.3, -0.25) is 5.14 Å². The SMILES string of the molecule is C=C=O.CC.CC1CCN(c2cc(Cl)c(SN)c(F)c2Cl)C1.CCC. The lowest BCUT2D eigenvalue weighted by Crippen LogP contribution is -2.20. The molecule has 0 aliphatic carbocycles. The molecular weight excluding hydrogens is 382 g/mol. The van der Waals surface area contributed by atoms with Crippen LogP contribution in [0.25, 0.3) is 0 Å². The van der Waals surface area contributed by atoms with Crippen LogP contribution in [0.3, 0.4) is 0 Å². The van der Waals surface area contributed by atoms with Crippen LogP contribution in [0.1, 0.15) is 47.5 Å². The van der Waals surface area contributed by atoms with Crippen molar-refractivity contribution in [1.29, 1.82) is 0 Å². The zero-order valence-electron chi connectivity index (χ0n) is 15.7. The highest BCUT2D eigenvalue weighted by Crippen LogP contribution is 2.40. The summed E-state index contributed by atoms with van der Waals surface area (Å²) in [5, 5.41) is 5.79. The minimum absolute atomic E-state index is 0.108. The maximum atomic E-state index is 13.9. The van der Waals surface area contributed by atoms with E-state index in [1.54, 1.807) is 6.07 Å². The monoisotopic (exact) mass is 410 g/mol. The second kappa shape index (κ2) is 15.5. The van der Waals surface area contributed by atoms with E-state index in [-0.39, 0.29) is 9.92 Å². The number of carbonyl (C=O) groups excluding carboxylic acids is 1. The Kier molecular flexibility index (Phi) is 16.5. The zero-order valence-corrected chi connectivity index (χ0v) is 18.0. The topological polar surface area (TPSA) is 46.3 Å². The molecule has 7 heteroatoms. The van der Waals surface area contributed by atoms with E-state index in [0.717, 1.165) is 31.5 Å². The van der Waals surface area contributed by atoms with Gasteiger partial charge in [-0.15, -0.1) is 0 Å². The summed E-state index contributed by atoms with van der Waals surface area (Å²) in [5.41, 5.74) is 0.663. The second-order valence-corrected chi connectivity index (χ2v) is 6.57. The Morgan fingerprint density at radius 3 is 2.28 bits per heavy atom. The summed E-state index contributed by atoms with van der Waals surface area (Å²) < 4.78 is 13.9. The van der Waals surface area contributed by atoms with Crippen LogP contribution in [0.4, 0.5) is 10.1 Å². The number of hydrogen-bond donors (Lipinski definition) is 1. The van der Waals surface area contributed by atoms with Crippen LogP contribution in [-0.4, -0.2) is 19.0 Å². The highest BCUT2D eigenvalue weighted by molar-refractivity contribution is 7.97. The van der Waals surface area contributed by atoms with Crippen LogP contribution in [0.15, 0.2) is 17.5 Å². The van der Waals surface area contributed by atoms with Crippen molar-refractivity contribution in [2.45, 2.75) is 52.4 Å². The van der Waals surface area contributed by atoms with Crippen LogP contribution in [0.5, 0.6) is 0 Å². The first-order valence-electron chi connectivity index (χ1n) is 8.31. The summed E-state index contributed by atoms with van der Waals surface area (Å²) in [6.07, 6.45) is 2.34. The molecule has 1 aromatic carbocycles. The Labute approximate surface area is 165 Å². The molecule has 0 bridgehead atoms.